The molecule has 0 aliphatic carbocycles. The second kappa shape index (κ2) is 7.91. The average molecular weight is 478 g/mol. The molecule has 3 saturated heterocycles. The standard InChI is InChI=1S/C29H23N3O4/c1-28-11-12-29(36-28,13-14-35-20-7-4-5-18(15-20)16-30)25-24(28)26(33)32(27(25)34)23-10-9-19-6-2-3-8-21(19)22(23)17-31/h2-10,15,24-25H,11-14H2,1H3. The van der Waals surface area contributed by atoms with Gasteiger partial charge in [-0.1, -0.05) is 36.4 Å². The normalized spacial score (nSPS) is 28.2. The van der Waals surface area contributed by atoms with E-state index in [2.05, 4.69) is 12.1 Å². The zero-order chi connectivity index (χ0) is 25.1. The molecule has 3 aliphatic rings. The first-order valence-electron chi connectivity index (χ1n) is 12.0. The van der Waals surface area contributed by atoms with E-state index >= 15 is 0 Å². The van der Waals surface area contributed by atoms with Gasteiger partial charge in [0.2, 0.25) is 11.8 Å². The third-order valence-electron chi connectivity index (χ3n) is 8.03. The van der Waals surface area contributed by atoms with Gasteiger partial charge in [0, 0.05) is 11.8 Å². The number of anilines is 1. The highest BCUT2D eigenvalue weighted by molar-refractivity contribution is 6.24. The van der Waals surface area contributed by atoms with Crippen LogP contribution >= 0.6 is 0 Å². The number of carbonyl (C=O) groups is 2. The molecule has 178 valence electrons. The lowest BCUT2D eigenvalue weighted by atomic mass is 9.67. The fourth-order valence-corrected chi connectivity index (χ4v) is 6.41. The van der Waals surface area contributed by atoms with E-state index in [0.29, 0.717) is 47.2 Å². The van der Waals surface area contributed by atoms with Gasteiger partial charge in [0.1, 0.15) is 11.8 Å². The average Bonchev–Trinajstić information content (AvgIpc) is 3.47. The van der Waals surface area contributed by atoms with Crippen LogP contribution in [-0.4, -0.2) is 29.6 Å². The first-order chi connectivity index (χ1) is 17.4. The van der Waals surface area contributed by atoms with Crippen molar-refractivity contribution >= 4 is 28.3 Å². The van der Waals surface area contributed by atoms with Crippen molar-refractivity contribution in [3.05, 3.63) is 71.8 Å². The summed E-state index contributed by atoms with van der Waals surface area (Å²) in [5, 5.41) is 20.7. The molecule has 4 atom stereocenters. The number of amides is 2. The maximum atomic E-state index is 13.9. The maximum absolute atomic E-state index is 13.9. The molecular formula is C29H23N3O4. The molecule has 0 radical (unpaired) electrons. The number of carbonyl (C=O) groups excluding carboxylic acids is 2. The minimum Gasteiger partial charge on any atom is -0.493 e. The monoisotopic (exact) mass is 477 g/mol. The van der Waals surface area contributed by atoms with Gasteiger partial charge in [0.15, 0.2) is 0 Å². The molecule has 3 heterocycles. The molecule has 3 fully saturated rings. The van der Waals surface area contributed by atoms with Crippen LogP contribution in [0.1, 0.15) is 37.3 Å². The Hall–Kier alpha value is -4.20. The molecule has 4 unspecified atom stereocenters. The quantitative estimate of drug-likeness (QED) is 0.502. The van der Waals surface area contributed by atoms with Crippen LogP contribution in [0.4, 0.5) is 5.69 Å². The van der Waals surface area contributed by atoms with Crippen LogP contribution in [0.15, 0.2) is 60.7 Å². The smallest absolute Gasteiger partial charge is 0.240 e. The highest BCUT2D eigenvalue weighted by Crippen LogP contribution is 2.62. The van der Waals surface area contributed by atoms with Gasteiger partial charge in [0.05, 0.1) is 52.5 Å². The fraction of sp³-hybridized carbons (Fsp3) is 0.310. The number of ether oxygens (including phenoxy) is 2. The van der Waals surface area contributed by atoms with Crippen LogP contribution in [0.25, 0.3) is 10.8 Å². The molecule has 7 nitrogen and oxygen atoms in total. The van der Waals surface area contributed by atoms with E-state index in [1.165, 1.54) is 4.90 Å². The van der Waals surface area contributed by atoms with Crippen molar-refractivity contribution in [2.45, 2.75) is 37.4 Å². The maximum Gasteiger partial charge on any atom is 0.240 e. The Labute approximate surface area is 208 Å². The number of fused-ring (bicyclic) bond motifs is 6. The first kappa shape index (κ1) is 22.3. The number of nitrogens with zero attached hydrogens (tertiary/aromatic N) is 3. The van der Waals surface area contributed by atoms with E-state index in [4.69, 9.17) is 14.7 Å². The minimum atomic E-state index is -0.808. The predicted molar refractivity (Wildman–Crippen MR) is 131 cm³/mol. The minimum absolute atomic E-state index is 0.287. The number of benzene rings is 3. The Morgan fingerprint density at radius 3 is 2.61 bits per heavy atom. The van der Waals surface area contributed by atoms with E-state index in [-0.39, 0.29) is 18.4 Å². The molecule has 0 saturated carbocycles. The molecule has 2 bridgehead atoms. The molecule has 6 rings (SSSR count). The van der Waals surface area contributed by atoms with Crippen LogP contribution < -0.4 is 9.64 Å². The molecule has 3 aromatic rings. The van der Waals surface area contributed by atoms with Crippen molar-refractivity contribution in [3.8, 4) is 17.9 Å². The molecule has 0 spiro atoms. The molecule has 0 N–H and O–H groups in total. The third-order valence-corrected chi connectivity index (χ3v) is 8.03. The molecule has 7 heteroatoms. The van der Waals surface area contributed by atoms with E-state index in [9.17, 15) is 14.9 Å². The van der Waals surface area contributed by atoms with Crippen LogP contribution in [-0.2, 0) is 14.3 Å². The fourth-order valence-electron chi connectivity index (χ4n) is 6.41. The lowest BCUT2D eigenvalue weighted by molar-refractivity contribution is -0.131. The van der Waals surface area contributed by atoms with E-state index in [1.807, 2.05) is 37.3 Å². The van der Waals surface area contributed by atoms with Crippen LogP contribution in [0.5, 0.6) is 5.75 Å². The number of nitriles is 2. The Bertz CT molecular complexity index is 1520. The molecule has 2 amide bonds. The van der Waals surface area contributed by atoms with Gasteiger partial charge in [-0.2, -0.15) is 10.5 Å². The zero-order valence-corrected chi connectivity index (χ0v) is 19.7. The van der Waals surface area contributed by atoms with Crippen molar-refractivity contribution in [1.29, 1.82) is 10.5 Å². The Morgan fingerprint density at radius 2 is 1.81 bits per heavy atom. The Kier molecular flexibility index (Phi) is 4.90. The van der Waals surface area contributed by atoms with Crippen LogP contribution in [0, 0.1) is 34.5 Å². The summed E-state index contributed by atoms with van der Waals surface area (Å²) in [4.78, 5) is 28.9. The number of hydrogen-bond donors (Lipinski definition) is 0. The summed E-state index contributed by atoms with van der Waals surface area (Å²) >= 11 is 0. The van der Waals surface area contributed by atoms with E-state index < -0.39 is 23.0 Å². The van der Waals surface area contributed by atoms with Crippen LogP contribution in [0.2, 0.25) is 0 Å². The van der Waals surface area contributed by atoms with Gasteiger partial charge in [-0.05, 0) is 49.4 Å². The van der Waals surface area contributed by atoms with Gasteiger partial charge in [-0.3, -0.25) is 9.59 Å². The lowest BCUT2D eigenvalue weighted by Gasteiger charge is -2.31. The van der Waals surface area contributed by atoms with Gasteiger partial charge in [0.25, 0.3) is 0 Å². The highest BCUT2D eigenvalue weighted by atomic mass is 16.5. The molecule has 3 aromatic carbocycles. The number of hydrogen-bond acceptors (Lipinski definition) is 6. The second-order valence-corrected chi connectivity index (χ2v) is 9.98. The topological polar surface area (TPSA) is 103 Å². The molecule has 3 aliphatic heterocycles. The van der Waals surface area contributed by atoms with Crippen molar-refractivity contribution in [1.82, 2.24) is 0 Å². The first-order valence-corrected chi connectivity index (χ1v) is 12.0. The SMILES string of the molecule is CC12CCC(CCOc3cccc(C#N)c3)(O1)C1C(=O)N(c3ccc4ccccc4c3C#N)C(=O)C12. The summed E-state index contributed by atoms with van der Waals surface area (Å²) in [5.74, 6) is -1.27. The highest BCUT2D eigenvalue weighted by Gasteiger charge is 2.74. The van der Waals surface area contributed by atoms with Gasteiger partial charge < -0.3 is 9.47 Å². The van der Waals surface area contributed by atoms with Crippen molar-refractivity contribution in [2.24, 2.45) is 11.8 Å². The number of imide groups is 1. The van der Waals surface area contributed by atoms with Gasteiger partial charge >= 0.3 is 0 Å². The summed E-state index contributed by atoms with van der Waals surface area (Å²) in [5.41, 5.74) is -0.382. The second-order valence-electron chi connectivity index (χ2n) is 9.98. The van der Waals surface area contributed by atoms with Crippen LogP contribution in [0.3, 0.4) is 0 Å². The molecule has 36 heavy (non-hydrogen) atoms. The largest absolute Gasteiger partial charge is 0.493 e. The Morgan fingerprint density at radius 1 is 1.00 bits per heavy atom. The van der Waals surface area contributed by atoms with Crippen molar-refractivity contribution in [3.63, 3.8) is 0 Å². The summed E-state index contributed by atoms with van der Waals surface area (Å²) in [6, 6.07) is 22.2. The predicted octanol–water partition coefficient (Wildman–Crippen LogP) is 4.48. The number of rotatable bonds is 5. The van der Waals surface area contributed by atoms with Gasteiger partial charge in [-0.25, -0.2) is 4.90 Å². The molecular weight excluding hydrogens is 454 g/mol. The third kappa shape index (κ3) is 3.07. The molecule has 0 aromatic heterocycles. The summed E-state index contributed by atoms with van der Waals surface area (Å²) in [6.07, 6.45) is 1.77. The van der Waals surface area contributed by atoms with Crippen molar-refractivity contribution < 1.29 is 19.1 Å². The summed E-state index contributed by atoms with van der Waals surface area (Å²) in [7, 11) is 0. The Balaban J connectivity index is 1.32. The summed E-state index contributed by atoms with van der Waals surface area (Å²) < 4.78 is 12.4. The lowest BCUT2D eigenvalue weighted by Crippen LogP contribution is -2.43. The van der Waals surface area contributed by atoms with Crippen molar-refractivity contribution in [2.75, 3.05) is 11.5 Å². The van der Waals surface area contributed by atoms with E-state index in [1.54, 1.807) is 30.3 Å². The van der Waals surface area contributed by atoms with E-state index in [0.717, 1.165) is 5.39 Å². The zero-order valence-electron chi connectivity index (χ0n) is 19.7. The summed E-state index contributed by atoms with van der Waals surface area (Å²) in [6.45, 7) is 2.20. The van der Waals surface area contributed by atoms with Gasteiger partial charge in [-0.15, -0.1) is 0 Å².